The normalized spacial score (nSPS) is 45.0. The summed E-state index contributed by atoms with van der Waals surface area (Å²) in [5.74, 6) is 3.99. The van der Waals surface area contributed by atoms with Crippen LogP contribution in [0.1, 0.15) is 46.0 Å². The van der Waals surface area contributed by atoms with Crippen LogP contribution in [0.3, 0.4) is 0 Å². The van der Waals surface area contributed by atoms with Crippen LogP contribution in [0.2, 0.25) is 0 Å². The maximum absolute atomic E-state index is 6.14. The Morgan fingerprint density at radius 2 is 2.28 bits per heavy atom. The highest BCUT2D eigenvalue weighted by molar-refractivity contribution is 5.44. The molecule has 2 aliphatic heterocycles. The molecule has 4 aliphatic rings. The van der Waals surface area contributed by atoms with E-state index in [4.69, 9.17) is 9.47 Å². The molecule has 4 unspecified atom stereocenters. The van der Waals surface area contributed by atoms with E-state index in [9.17, 15) is 0 Å². The lowest BCUT2D eigenvalue weighted by Gasteiger charge is -2.37. The predicted octanol–water partition coefficient (Wildman–Crippen LogP) is 3.79. The van der Waals surface area contributed by atoms with E-state index < -0.39 is 0 Å². The number of allylic oxidation sites excluding steroid dienone is 4. The number of hydrogen-bond acceptors (Lipinski definition) is 2. The number of rotatable bonds is 1. The van der Waals surface area contributed by atoms with E-state index in [1.54, 1.807) is 0 Å². The minimum atomic E-state index is 0.342. The van der Waals surface area contributed by atoms with Gasteiger partial charge in [-0.3, -0.25) is 0 Å². The summed E-state index contributed by atoms with van der Waals surface area (Å²) >= 11 is 0. The summed E-state index contributed by atoms with van der Waals surface area (Å²) in [4.78, 5) is 0. The van der Waals surface area contributed by atoms with Crippen LogP contribution in [0.15, 0.2) is 23.2 Å². The Hall–Kier alpha value is -0.920. The van der Waals surface area contributed by atoms with Gasteiger partial charge in [-0.05, 0) is 50.2 Å². The zero-order valence-electron chi connectivity index (χ0n) is 11.4. The zero-order valence-corrected chi connectivity index (χ0v) is 11.4. The summed E-state index contributed by atoms with van der Waals surface area (Å²) in [6.07, 6.45) is 8.87. The van der Waals surface area contributed by atoms with Gasteiger partial charge in [-0.1, -0.05) is 13.3 Å². The topological polar surface area (TPSA) is 18.5 Å². The van der Waals surface area contributed by atoms with Crippen molar-refractivity contribution in [2.24, 2.45) is 17.3 Å². The van der Waals surface area contributed by atoms with Gasteiger partial charge in [0.2, 0.25) is 0 Å². The second-order valence-corrected chi connectivity index (χ2v) is 6.57. The van der Waals surface area contributed by atoms with Crippen molar-refractivity contribution in [3.8, 4) is 0 Å². The highest BCUT2D eigenvalue weighted by atomic mass is 16.5. The van der Waals surface area contributed by atoms with Crippen molar-refractivity contribution < 1.29 is 9.47 Å². The molecule has 18 heavy (non-hydrogen) atoms. The Labute approximate surface area is 109 Å². The van der Waals surface area contributed by atoms with E-state index in [1.807, 2.05) is 0 Å². The van der Waals surface area contributed by atoms with Crippen LogP contribution in [-0.2, 0) is 9.47 Å². The van der Waals surface area contributed by atoms with Crippen LogP contribution in [-0.4, -0.2) is 12.7 Å². The van der Waals surface area contributed by atoms with Gasteiger partial charge in [-0.25, -0.2) is 0 Å². The Morgan fingerprint density at radius 3 is 3.11 bits per heavy atom. The highest BCUT2D eigenvalue weighted by Gasteiger charge is 2.64. The lowest BCUT2D eigenvalue weighted by atomic mass is 9.80. The van der Waals surface area contributed by atoms with Crippen molar-refractivity contribution in [3.05, 3.63) is 23.2 Å². The van der Waals surface area contributed by atoms with Crippen LogP contribution >= 0.6 is 0 Å². The molecule has 0 N–H and O–H groups in total. The first kappa shape index (κ1) is 11.0. The predicted molar refractivity (Wildman–Crippen MR) is 69.8 cm³/mol. The molecule has 0 aromatic carbocycles. The van der Waals surface area contributed by atoms with E-state index in [0.717, 1.165) is 18.9 Å². The van der Waals surface area contributed by atoms with Crippen molar-refractivity contribution in [2.75, 3.05) is 6.61 Å². The molecule has 0 aromatic heterocycles. The molecule has 4 atom stereocenters. The summed E-state index contributed by atoms with van der Waals surface area (Å²) < 4.78 is 12.2. The molecule has 1 saturated carbocycles. The van der Waals surface area contributed by atoms with Crippen molar-refractivity contribution in [1.82, 2.24) is 0 Å². The summed E-state index contributed by atoms with van der Waals surface area (Å²) in [6.45, 7) is 5.41. The number of fused-ring (bicyclic) bond motifs is 1. The van der Waals surface area contributed by atoms with Crippen LogP contribution in [0.25, 0.3) is 0 Å². The van der Waals surface area contributed by atoms with Gasteiger partial charge in [0.25, 0.3) is 0 Å². The molecule has 0 bridgehead atoms. The van der Waals surface area contributed by atoms with Gasteiger partial charge in [-0.15, -0.1) is 0 Å². The van der Waals surface area contributed by atoms with Crippen molar-refractivity contribution in [3.63, 3.8) is 0 Å². The fourth-order valence-corrected chi connectivity index (χ4v) is 4.06. The average Bonchev–Trinajstić information content (AvgIpc) is 3.10. The van der Waals surface area contributed by atoms with Crippen LogP contribution in [0.5, 0.6) is 0 Å². The monoisotopic (exact) mass is 246 g/mol. The summed E-state index contributed by atoms with van der Waals surface area (Å²) in [5, 5.41) is 0. The van der Waals surface area contributed by atoms with Crippen molar-refractivity contribution in [1.29, 1.82) is 0 Å². The van der Waals surface area contributed by atoms with Gasteiger partial charge in [-0.2, -0.15) is 0 Å². The standard InChI is InChI=1S/C16H22O2/c1-3-11-7-16-8-13(16)15-12(5-4-10(2)18-15)6-14(16)17-9-11/h6,10-11,13H,3-5,7-9H2,1-2H3. The SMILES string of the molecule is CCC1COC2=CC3=C(OC(C)CC3)C3CC23C1. The quantitative estimate of drug-likeness (QED) is 0.701. The Bertz CT molecular complexity index is 448. The van der Waals surface area contributed by atoms with E-state index in [-0.39, 0.29) is 0 Å². The molecule has 4 rings (SSSR count). The maximum Gasteiger partial charge on any atom is 0.104 e. The van der Waals surface area contributed by atoms with E-state index in [2.05, 4.69) is 19.9 Å². The van der Waals surface area contributed by atoms with Crippen LogP contribution in [0.4, 0.5) is 0 Å². The summed E-state index contributed by atoms with van der Waals surface area (Å²) in [6, 6.07) is 0. The van der Waals surface area contributed by atoms with Crippen molar-refractivity contribution >= 4 is 0 Å². The van der Waals surface area contributed by atoms with Crippen LogP contribution < -0.4 is 0 Å². The lowest BCUT2D eigenvalue weighted by molar-refractivity contribution is 0.0412. The minimum Gasteiger partial charge on any atom is -0.497 e. The molecule has 98 valence electrons. The minimum absolute atomic E-state index is 0.342. The molecule has 0 aromatic rings. The largest absolute Gasteiger partial charge is 0.497 e. The molecule has 2 heteroatoms. The first-order valence-electron chi connectivity index (χ1n) is 7.47. The van der Waals surface area contributed by atoms with E-state index >= 15 is 0 Å². The lowest BCUT2D eigenvalue weighted by Crippen LogP contribution is -2.30. The maximum atomic E-state index is 6.14. The molecule has 0 amide bonds. The van der Waals surface area contributed by atoms with Gasteiger partial charge in [0.1, 0.15) is 11.5 Å². The molecule has 2 fully saturated rings. The average molecular weight is 246 g/mol. The molecular weight excluding hydrogens is 224 g/mol. The fraction of sp³-hybridized carbons (Fsp3) is 0.750. The van der Waals surface area contributed by atoms with Gasteiger partial charge >= 0.3 is 0 Å². The summed E-state index contributed by atoms with van der Waals surface area (Å²) in [7, 11) is 0. The van der Waals surface area contributed by atoms with Gasteiger partial charge < -0.3 is 9.47 Å². The Kier molecular flexibility index (Phi) is 2.16. The first-order valence-corrected chi connectivity index (χ1v) is 7.47. The van der Waals surface area contributed by atoms with E-state index in [1.165, 1.54) is 42.8 Å². The molecule has 0 radical (unpaired) electrons. The molecule has 1 saturated heterocycles. The van der Waals surface area contributed by atoms with Crippen molar-refractivity contribution in [2.45, 2.75) is 52.1 Å². The molecular formula is C16H22O2. The van der Waals surface area contributed by atoms with Gasteiger partial charge in [0, 0.05) is 11.3 Å². The van der Waals surface area contributed by atoms with Gasteiger partial charge in [0.15, 0.2) is 0 Å². The number of ether oxygens (including phenoxy) is 2. The molecule has 2 aliphatic carbocycles. The zero-order chi connectivity index (χ0) is 12.3. The van der Waals surface area contributed by atoms with Crippen LogP contribution in [0, 0.1) is 17.3 Å². The molecule has 1 spiro atoms. The number of hydrogen-bond donors (Lipinski definition) is 0. The molecule has 2 nitrogen and oxygen atoms in total. The third-order valence-electron chi connectivity index (χ3n) is 5.36. The third-order valence-corrected chi connectivity index (χ3v) is 5.36. The molecule has 2 heterocycles. The van der Waals surface area contributed by atoms with Gasteiger partial charge in [0.05, 0.1) is 12.7 Å². The summed E-state index contributed by atoms with van der Waals surface area (Å²) in [5.41, 5.74) is 1.77. The smallest absolute Gasteiger partial charge is 0.104 e. The second kappa shape index (κ2) is 3.55. The highest BCUT2D eigenvalue weighted by Crippen LogP contribution is 2.69. The second-order valence-electron chi connectivity index (χ2n) is 6.57. The third kappa shape index (κ3) is 1.35. The Morgan fingerprint density at radius 1 is 1.39 bits per heavy atom. The fourth-order valence-electron chi connectivity index (χ4n) is 4.06. The van der Waals surface area contributed by atoms with E-state index in [0.29, 0.717) is 17.4 Å². The Balaban J connectivity index is 1.68. The first-order chi connectivity index (χ1) is 8.73.